The average Bonchev–Trinajstić information content (AvgIpc) is 3.04. The molecule has 0 aromatic carbocycles. The van der Waals surface area contributed by atoms with Crippen LogP contribution in [0.4, 0.5) is 5.95 Å². The summed E-state index contributed by atoms with van der Waals surface area (Å²) in [5.41, 5.74) is 6.97. The maximum atomic E-state index is 6.26. The molecule has 3 atom stereocenters. The van der Waals surface area contributed by atoms with E-state index in [1.165, 1.54) is 0 Å². The fourth-order valence-corrected chi connectivity index (χ4v) is 3.49. The predicted octanol–water partition coefficient (Wildman–Crippen LogP) is 0.207. The molecule has 3 aliphatic heterocycles. The third-order valence-electron chi connectivity index (χ3n) is 5.16. The SMILES string of the molecule is [B]C1=NC2C(=NC(N3CCOCC3)=NC2c2cnc(N)nc2)N1C(C)CC. The van der Waals surface area contributed by atoms with E-state index in [-0.39, 0.29) is 24.1 Å². The summed E-state index contributed by atoms with van der Waals surface area (Å²) in [6, 6.07) is -0.371. The molecule has 1 aromatic rings. The molecule has 3 aliphatic rings. The Bertz CT molecular complexity index is 787. The van der Waals surface area contributed by atoms with E-state index in [4.69, 9.17) is 28.3 Å². The van der Waals surface area contributed by atoms with Gasteiger partial charge in [-0.1, -0.05) is 6.92 Å². The van der Waals surface area contributed by atoms with E-state index < -0.39 is 0 Å². The number of ether oxygens (including phenoxy) is 1. The molecule has 9 nitrogen and oxygen atoms in total. The minimum atomic E-state index is -0.288. The second-order valence-electron chi connectivity index (χ2n) is 6.88. The van der Waals surface area contributed by atoms with Gasteiger partial charge in [-0.15, -0.1) is 0 Å². The van der Waals surface area contributed by atoms with Gasteiger partial charge in [0.15, 0.2) is 7.85 Å². The lowest BCUT2D eigenvalue weighted by Gasteiger charge is -2.35. The number of fused-ring (bicyclic) bond motifs is 1. The highest BCUT2D eigenvalue weighted by Gasteiger charge is 2.42. The normalized spacial score (nSPS) is 26.2. The van der Waals surface area contributed by atoms with Gasteiger partial charge in [0.1, 0.15) is 17.9 Å². The van der Waals surface area contributed by atoms with Gasteiger partial charge in [0.05, 0.1) is 13.2 Å². The Morgan fingerprint density at radius 2 is 1.93 bits per heavy atom. The Kier molecular flexibility index (Phi) is 4.82. The van der Waals surface area contributed by atoms with E-state index in [0.717, 1.165) is 30.9 Å². The fourth-order valence-electron chi connectivity index (χ4n) is 3.49. The first-order valence-electron chi connectivity index (χ1n) is 9.27. The molecular formula is C17H23BN8O. The van der Waals surface area contributed by atoms with Crippen molar-refractivity contribution < 1.29 is 4.74 Å². The second-order valence-corrected chi connectivity index (χ2v) is 6.88. The standard InChI is InChI=1S/C17H23BN8O/c1-3-10(2)26-14-13(22-15(26)18)12(11-8-20-16(19)21-9-11)23-17(24-14)25-4-6-27-7-5-25/h8-10,12-13H,3-7H2,1-2H3,(H2,19,20,21). The molecule has 1 fully saturated rings. The monoisotopic (exact) mass is 366 g/mol. The smallest absolute Gasteiger partial charge is 0.223 e. The summed E-state index contributed by atoms with van der Waals surface area (Å²) in [6.07, 6.45) is 4.34. The highest BCUT2D eigenvalue weighted by Crippen LogP contribution is 2.33. The van der Waals surface area contributed by atoms with Crippen LogP contribution < -0.4 is 5.73 Å². The molecule has 0 bridgehead atoms. The number of morpholine rings is 1. The Balaban J connectivity index is 1.75. The van der Waals surface area contributed by atoms with Crippen LogP contribution in [0.15, 0.2) is 27.4 Å². The van der Waals surface area contributed by atoms with Gasteiger partial charge in [0, 0.05) is 42.8 Å². The van der Waals surface area contributed by atoms with Gasteiger partial charge in [-0.2, -0.15) is 4.99 Å². The van der Waals surface area contributed by atoms with E-state index in [9.17, 15) is 0 Å². The van der Waals surface area contributed by atoms with Crippen LogP contribution in [0, 0.1) is 0 Å². The summed E-state index contributed by atoms with van der Waals surface area (Å²) in [5, 5.41) is 0. The summed E-state index contributed by atoms with van der Waals surface area (Å²) < 4.78 is 5.46. The van der Waals surface area contributed by atoms with Crippen LogP contribution >= 0.6 is 0 Å². The molecule has 140 valence electrons. The van der Waals surface area contributed by atoms with Gasteiger partial charge < -0.3 is 20.3 Å². The summed E-state index contributed by atoms with van der Waals surface area (Å²) in [7, 11) is 6.26. The Morgan fingerprint density at radius 1 is 1.22 bits per heavy atom. The zero-order chi connectivity index (χ0) is 19.0. The number of guanidine groups is 1. The first-order valence-corrected chi connectivity index (χ1v) is 9.27. The van der Waals surface area contributed by atoms with Gasteiger partial charge in [0.2, 0.25) is 11.9 Å². The van der Waals surface area contributed by atoms with Crippen LogP contribution in [0.3, 0.4) is 0 Å². The number of nitrogens with zero attached hydrogens (tertiary/aromatic N) is 7. The number of amidine groups is 2. The van der Waals surface area contributed by atoms with Crippen LogP contribution in [0.5, 0.6) is 0 Å². The Labute approximate surface area is 159 Å². The number of nitrogen functional groups attached to an aromatic ring is 1. The quantitative estimate of drug-likeness (QED) is 0.767. The van der Waals surface area contributed by atoms with Gasteiger partial charge in [-0.25, -0.2) is 15.0 Å². The van der Waals surface area contributed by atoms with Crippen molar-refractivity contribution in [3.8, 4) is 0 Å². The number of hydrogen-bond acceptors (Lipinski definition) is 9. The molecule has 1 saturated heterocycles. The third kappa shape index (κ3) is 3.29. The van der Waals surface area contributed by atoms with Crippen LogP contribution in [-0.2, 0) is 4.74 Å². The Morgan fingerprint density at radius 3 is 2.59 bits per heavy atom. The predicted molar refractivity (Wildman–Crippen MR) is 105 cm³/mol. The first kappa shape index (κ1) is 17.9. The number of rotatable bonds is 3. The second kappa shape index (κ2) is 7.26. The van der Waals surface area contributed by atoms with Gasteiger partial charge >= 0.3 is 0 Å². The third-order valence-corrected chi connectivity index (χ3v) is 5.16. The molecule has 0 amide bonds. The summed E-state index contributed by atoms with van der Waals surface area (Å²) in [5.74, 6) is 1.75. The van der Waals surface area contributed by atoms with Crippen molar-refractivity contribution in [2.45, 2.75) is 38.4 Å². The van der Waals surface area contributed by atoms with Crippen molar-refractivity contribution >= 4 is 31.3 Å². The molecule has 27 heavy (non-hydrogen) atoms. The van der Waals surface area contributed by atoms with Crippen molar-refractivity contribution in [2.75, 3.05) is 32.0 Å². The maximum Gasteiger partial charge on any atom is 0.223 e. The first-order chi connectivity index (χ1) is 13.1. The number of aliphatic imine (C=N–C) groups is 3. The van der Waals surface area contributed by atoms with E-state index >= 15 is 0 Å². The molecule has 0 spiro atoms. The highest BCUT2D eigenvalue weighted by atomic mass is 16.5. The summed E-state index contributed by atoms with van der Waals surface area (Å²) >= 11 is 0. The van der Waals surface area contributed by atoms with E-state index in [1.54, 1.807) is 12.4 Å². The molecule has 10 heteroatoms. The molecule has 2 radical (unpaired) electrons. The highest BCUT2D eigenvalue weighted by molar-refractivity contribution is 6.61. The molecular weight excluding hydrogens is 343 g/mol. The van der Waals surface area contributed by atoms with Crippen LogP contribution in [-0.4, -0.2) is 83.5 Å². The van der Waals surface area contributed by atoms with Gasteiger partial charge in [-0.05, 0) is 13.3 Å². The van der Waals surface area contributed by atoms with E-state index in [1.807, 2.05) is 4.90 Å². The number of anilines is 1. The Hall–Kier alpha value is -2.49. The lowest BCUT2D eigenvalue weighted by Crippen LogP contribution is -2.48. The molecule has 4 heterocycles. The molecule has 3 unspecified atom stereocenters. The van der Waals surface area contributed by atoms with Crippen molar-refractivity contribution in [3.05, 3.63) is 18.0 Å². The lowest BCUT2D eigenvalue weighted by atomic mass is 10.00. The molecule has 1 aromatic heterocycles. The van der Waals surface area contributed by atoms with Crippen LogP contribution in [0.25, 0.3) is 0 Å². The largest absolute Gasteiger partial charge is 0.378 e. The number of aromatic nitrogens is 2. The lowest BCUT2D eigenvalue weighted by molar-refractivity contribution is 0.0672. The zero-order valence-electron chi connectivity index (χ0n) is 15.6. The van der Waals surface area contributed by atoms with Crippen molar-refractivity contribution in [1.29, 1.82) is 0 Å². The van der Waals surface area contributed by atoms with E-state index in [0.29, 0.717) is 24.9 Å². The van der Waals surface area contributed by atoms with Gasteiger partial charge in [-0.3, -0.25) is 4.99 Å². The van der Waals surface area contributed by atoms with Crippen molar-refractivity contribution in [3.63, 3.8) is 0 Å². The number of hydrogen-bond donors (Lipinski definition) is 1. The molecule has 4 rings (SSSR count). The average molecular weight is 366 g/mol. The molecule has 2 N–H and O–H groups in total. The molecule has 0 aliphatic carbocycles. The fraction of sp³-hybridized carbons (Fsp3) is 0.588. The van der Waals surface area contributed by atoms with Crippen LogP contribution in [0.1, 0.15) is 31.9 Å². The maximum absolute atomic E-state index is 6.26. The van der Waals surface area contributed by atoms with Gasteiger partial charge in [0.25, 0.3) is 0 Å². The van der Waals surface area contributed by atoms with E-state index in [2.05, 4.69) is 33.7 Å². The minimum Gasteiger partial charge on any atom is -0.378 e. The van der Waals surface area contributed by atoms with Crippen molar-refractivity contribution in [2.24, 2.45) is 15.0 Å². The molecule has 0 saturated carbocycles. The summed E-state index contributed by atoms with van der Waals surface area (Å²) in [4.78, 5) is 26.8. The van der Waals surface area contributed by atoms with Crippen molar-refractivity contribution in [1.82, 2.24) is 19.8 Å². The summed E-state index contributed by atoms with van der Waals surface area (Å²) in [6.45, 7) is 7.08. The number of nitrogens with two attached hydrogens (primary N) is 1. The topological polar surface area (TPSA) is 105 Å². The zero-order valence-corrected chi connectivity index (χ0v) is 15.6. The minimum absolute atomic E-state index is 0.199. The van der Waals surface area contributed by atoms with Crippen LogP contribution in [0.2, 0.25) is 0 Å².